The molecule has 0 aromatic rings. The molecule has 4 saturated carbocycles. The molecule has 0 bridgehead atoms. The number of carbonyl (C=O) groups is 2. The van der Waals surface area contributed by atoms with E-state index in [2.05, 4.69) is 40.7 Å². The molecule has 3 heteroatoms. The van der Waals surface area contributed by atoms with Crippen molar-refractivity contribution in [3.05, 3.63) is 11.6 Å². The fourth-order valence-corrected chi connectivity index (χ4v) is 9.62. The minimum Gasteiger partial charge on any atom is -0.469 e. The second-order valence-corrected chi connectivity index (χ2v) is 13.3. The SMILES string of the molecule is COC(=O)[C@]12CCC(C)(C)C[C@H]1C1=CC[C@@H]3[C@@]4(C)CCC(=O)[C@@H]4CC[C@@]3(C)[C@]1(C)CC2. The van der Waals surface area contributed by atoms with Gasteiger partial charge in [-0.3, -0.25) is 9.59 Å². The van der Waals surface area contributed by atoms with Crippen LogP contribution in [0.3, 0.4) is 0 Å². The zero-order chi connectivity index (χ0) is 22.4. The Bertz CT molecular complexity index is 854. The number of methoxy groups -OCH3 is 1. The van der Waals surface area contributed by atoms with Crippen LogP contribution in [0.4, 0.5) is 0 Å². The fourth-order valence-electron chi connectivity index (χ4n) is 9.62. The topological polar surface area (TPSA) is 43.4 Å². The van der Waals surface area contributed by atoms with Crippen LogP contribution < -0.4 is 0 Å². The van der Waals surface area contributed by atoms with Crippen molar-refractivity contribution in [3.63, 3.8) is 0 Å². The number of hydrogen-bond acceptors (Lipinski definition) is 3. The molecule has 0 N–H and O–H groups in total. The van der Waals surface area contributed by atoms with Crippen LogP contribution in [0.25, 0.3) is 0 Å². The van der Waals surface area contributed by atoms with Gasteiger partial charge in [0, 0.05) is 12.3 Å². The molecule has 0 aromatic carbocycles. The molecule has 0 heterocycles. The zero-order valence-electron chi connectivity index (χ0n) is 20.6. The molecule has 0 amide bonds. The Morgan fingerprint density at radius 1 is 0.968 bits per heavy atom. The highest BCUT2D eigenvalue weighted by atomic mass is 16.5. The van der Waals surface area contributed by atoms with Gasteiger partial charge in [0.1, 0.15) is 5.78 Å². The number of esters is 1. The van der Waals surface area contributed by atoms with Gasteiger partial charge in [0.2, 0.25) is 0 Å². The number of hydrogen-bond donors (Lipinski definition) is 0. The summed E-state index contributed by atoms with van der Waals surface area (Å²) in [5, 5.41) is 0. The van der Waals surface area contributed by atoms with Crippen molar-refractivity contribution in [2.45, 2.75) is 98.8 Å². The Hall–Kier alpha value is -1.12. The number of ether oxygens (including phenoxy) is 1. The molecule has 0 spiro atoms. The lowest BCUT2D eigenvalue weighted by atomic mass is 9.36. The molecule has 0 unspecified atom stereocenters. The molecule has 0 radical (unpaired) electrons. The van der Waals surface area contributed by atoms with Gasteiger partial charge < -0.3 is 4.74 Å². The van der Waals surface area contributed by atoms with Gasteiger partial charge in [-0.25, -0.2) is 0 Å². The van der Waals surface area contributed by atoms with E-state index in [4.69, 9.17) is 4.74 Å². The van der Waals surface area contributed by atoms with Gasteiger partial charge in [0.05, 0.1) is 12.5 Å². The van der Waals surface area contributed by atoms with Crippen LogP contribution in [0, 0.1) is 44.8 Å². The number of fused-ring (bicyclic) bond motifs is 7. The first-order valence-corrected chi connectivity index (χ1v) is 12.8. The maximum Gasteiger partial charge on any atom is 0.312 e. The number of rotatable bonds is 1. The highest BCUT2D eigenvalue weighted by Crippen LogP contribution is 2.74. The molecule has 0 aromatic heterocycles. The highest BCUT2D eigenvalue weighted by Gasteiger charge is 2.68. The lowest BCUT2D eigenvalue weighted by Crippen LogP contribution is -2.61. The van der Waals surface area contributed by atoms with Gasteiger partial charge in [-0.1, -0.05) is 46.3 Å². The molecule has 5 rings (SSSR count). The summed E-state index contributed by atoms with van der Waals surface area (Å²) in [4.78, 5) is 25.9. The smallest absolute Gasteiger partial charge is 0.312 e. The molecule has 0 saturated heterocycles. The third kappa shape index (κ3) is 2.58. The van der Waals surface area contributed by atoms with E-state index in [1.165, 1.54) is 0 Å². The quantitative estimate of drug-likeness (QED) is 0.355. The van der Waals surface area contributed by atoms with Crippen molar-refractivity contribution >= 4 is 11.8 Å². The molecular formula is C28H42O3. The summed E-state index contributed by atoms with van der Waals surface area (Å²) in [6.45, 7) is 12.3. The lowest BCUT2D eigenvalue weighted by molar-refractivity contribution is -0.174. The third-order valence-electron chi connectivity index (χ3n) is 11.8. The van der Waals surface area contributed by atoms with Gasteiger partial charge in [0.25, 0.3) is 0 Å². The van der Waals surface area contributed by atoms with Gasteiger partial charge >= 0.3 is 5.97 Å². The van der Waals surface area contributed by atoms with E-state index in [1.54, 1.807) is 12.7 Å². The normalized spacial score (nSPS) is 50.5. The van der Waals surface area contributed by atoms with Crippen LogP contribution in [0.2, 0.25) is 0 Å². The molecule has 5 aliphatic rings. The average molecular weight is 427 g/mol. The lowest BCUT2D eigenvalue weighted by Gasteiger charge is -2.68. The van der Waals surface area contributed by atoms with Crippen LogP contribution in [-0.4, -0.2) is 18.9 Å². The Labute approximate surface area is 188 Å². The minimum atomic E-state index is -0.330. The van der Waals surface area contributed by atoms with Gasteiger partial charge in [-0.2, -0.15) is 0 Å². The van der Waals surface area contributed by atoms with E-state index in [0.717, 1.165) is 64.2 Å². The van der Waals surface area contributed by atoms with E-state index in [-0.39, 0.29) is 39.0 Å². The Kier molecular flexibility index (Phi) is 4.53. The van der Waals surface area contributed by atoms with Crippen molar-refractivity contribution in [1.29, 1.82) is 0 Å². The van der Waals surface area contributed by atoms with Gasteiger partial charge in [0.15, 0.2) is 0 Å². The fraction of sp³-hybridized carbons (Fsp3) is 0.857. The summed E-state index contributed by atoms with van der Waals surface area (Å²) in [7, 11) is 1.58. The molecule has 172 valence electrons. The van der Waals surface area contributed by atoms with Gasteiger partial charge in [-0.05, 0) is 91.3 Å². The van der Waals surface area contributed by atoms with E-state index < -0.39 is 0 Å². The highest BCUT2D eigenvalue weighted by molar-refractivity contribution is 5.84. The van der Waals surface area contributed by atoms with Crippen LogP contribution in [0.15, 0.2) is 11.6 Å². The third-order valence-corrected chi connectivity index (χ3v) is 11.8. The van der Waals surface area contributed by atoms with Crippen molar-refractivity contribution in [3.8, 4) is 0 Å². The molecular weight excluding hydrogens is 384 g/mol. The predicted octanol–water partition coefficient (Wildman–Crippen LogP) is 6.50. The Morgan fingerprint density at radius 2 is 1.68 bits per heavy atom. The minimum absolute atomic E-state index is 0.0280. The summed E-state index contributed by atoms with van der Waals surface area (Å²) in [6.07, 6.45) is 12.9. The second kappa shape index (κ2) is 6.48. The molecule has 5 aliphatic carbocycles. The average Bonchev–Trinajstić information content (AvgIpc) is 3.02. The van der Waals surface area contributed by atoms with Crippen molar-refractivity contribution < 1.29 is 14.3 Å². The van der Waals surface area contributed by atoms with E-state index in [1.807, 2.05) is 0 Å². The van der Waals surface area contributed by atoms with Crippen molar-refractivity contribution in [1.82, 2.24) is 0 Å². The standard InChI is InChI=1S/C28H42O3/c1-24(2)13-15-28(23(30)31-6)16-14-26(4)18(20(28)17-24)7-8-22-25(3)11-10-21(29)19(25)9-12-27(22,26)5/h7,19-20,22H,8-17H2,1-6H3/t19-,20-,22+,25-,26+,27+,28-/m0/s1. The Balaban J connectivity index is 1.61. The van der Waals surface area contributed by atoms with Crippen LogP contribution in [0.5, 0.6) is 0 Å². The molecule has 3 nitrogen and oxygen atoms in total. The van der Waals surface area contributed by atoms with Crippen LogP contribution in [-0.2, 0) is 14.3 Å². The van der Waals surface area contributed by atoms with Crippen LogP contribution in [0.1, 0.15) is 98.8 Å². The molecule has 31 heavy (non-hydrogen) atoms. The summed E-state index contributed by atoms with van der Waals surface area (Å²) in [5.74, 6) is 1.69. The summed E-state index contributed by atoms with van der Waals surface area (Å²) in [6, 6.07) is 0. The second-order valence-electron chi connectivity index (χ2n) is 13.3. The van der Waals surface area contributed by atoms with Crippen molar-refractivity contribution in [2.24, 2.45) is 44.8 Å². The number of carbonyl (C=O) groups excluding carboxylic acids is 2. The van der Waals surface area contributed by atoms with Crippen LogP contribution >= 0.6 is 0 Å². The monoisotopic (exact) mass is 426 g/mol. The first-order chi connectivity index (χ1) is 14.4. The summed E-state index contributed by atoms with van der Waals surface area (Å²) >= 11 is 0. The largest absolute Gasteiger partial charge is 0.469 e. The maximum absolute atomic E-state index is 13.2. The number of ketones is 1. The number of Topliss-reactive ketones (excluding diaryl/α,β-unsaturated/α-hetero) is 1. The summed E-state index contributed by atoms with van der Waals surface area (Å²) < 4.78 is 5.44. The molecule has 4 fully saturated rings. The van der Waals surface area contributed by atoms with E-state index >= 15 is 0 Å². The molecule has 0 aliphatic heterocycles. The first kappa shape index (κ1) is 21.7. The molecule has 7 atom stereocenters. The van der Waals surface area contributed by atoms with Crippen molar-refractivity contribution in [2.75, 3.05) is 7.11 Å². The Morgan fingerprint density at radius 3 is 2.39 bits per heavy atom. The van der Waals surface area contributed by atoms with E-state index in [9.17, 15) is 9.59 Å². The first-order valence-electron chi connectivity index (χ1n) is 12.8. The van der Waals surface area contributed by atoms with E-state index in [0.29, 0.717) is 17.6 Å². The number of allylic oxidation sites excluding steroid dienone is 2. The van der Waals surface area contributed by atoms with Gasteiger partial charge in [-0.15, -0.1) is 0 Å². The summed E-state index contributed by atoms with van der Waals surface area (Å²) in [5.41, 5.74) is 1.98. The zero-order valence-corrected chi connectivity index (χ0v) is 20.6. The maximum atomic E-state index is 13.2. The predicted molar refractivity (Wildman–Crippen MR) is 122 cm³/mol.